The quantitative estimate of drug-likeness (QED) is 0.786. The number of hydrogen-bond donors (Lipinski definition) is 1. The maximum Gasteiger partial charge on any atom is 0.0207 e. The summed E-state index contributed by atoms with van der Waals surface area (Å²) < 4.78 is 1.23. The predicted molar refractivity (Wildman–Crippen MR) is 79.4 cm³/mol. The Morgan fingerprint density at radius 1 is 1.18 bits per heavy atom. The van der Waals surface area contributed by atoms with Crippen molar-refractivity contribution in [1.82, 2.24) is 5.32 Å². The molecule has 1 atom stereocenters. The Balaban J connectivity index is 2.61. The van der Waals surface area contributed by atoms with E-state index < -0.39 is 0 Å². The molecule has 0 bridgehead atoms. The summed E-state index contributed by atoms with van der Waals surface area (Å²) in [7, 11) is 2.07. The third kappa shape index (κ3) is 4.81. The van der Waals surface area contributed by atoms with Gasteiger partial charge in [0.05, 0.1) is 0 Å². The number of likely N-dealkylation sites (N-methyl/N-ethyl adjacent to an activating group) is 1. The fraction of sp³-hybridized carbons (Fsp3) is 0.600. The molecule has 0 heterocycles. The van der Waals surface area contributed by atoms with E-state index in [4.69, 9.17) is 0 Å². The fourth-order valence-corrected chi connectivity index (χ4v) is 2.70. The van der Waals surface area contributed by atoms with Gasteiger partial charge >= 0.3 is 0 Å². The van der Waals surface area contributed by atoms with Gasteiger partial charge in [-0.3, -0.25) is 0 Å². The molecule has 0 aliphatic heterocycles. The first-order chi connectivity index (χ1) is 8.21. The smallest absolute Gasteiger partial charge is 0.0207 e. The van der Waals surface area contributed by atoms with Crippen molar-refractivity contribution < 1.29 is 0 Å². The topological polar surface area (TPSA) is 12.0 Å². The molecule has 1 aromatic carbocycles. The average Bonchev–Trinajstić information content (AvgIpc) is 2.36. The van der Waals surface area contributed by atoms with Gasteiger partial charge in [-0.2, -0.15) is 0 Å². The lowest BCUT2D eigenvalue weighted by Crippen LogP contribution is -2.30. The van der Waals surface area contributed by atoms with E-state index in [-0.39, 0.29) is 0 Å². The van der Waals surface area contributed by atoms with Gasteiger partial charge in [-0.1, -0.05) is 60.8 Å². The lowest BCUT2D eigenvalue weighted by molar-refractivity contribution is 0.377. The van der Waals surface area contributed by atoms with Crippen molar-refractivity contribution in [3.8, 4) is 0 Å². The van der Waals surface area contributed by atoms with Crippen molar-refractivity contribution in [2.45, 2.75) is 45.6 Å². The highest BCUT2D eigenvalue weighted by atomic mass is 79.9. The van der Waals surface area contributed by atoms with Crippen LogP contribution in [0.2, 0.25) is 0 Å². The molecule has 1 N–H and O–H groups in total. The van der Waals surface area contributed by atoms with Crippen molar-refractivity contribution in [3.05, 3.63) is 34.3 Å². The minimum atomic E-state index is 0.582. The summed E-state index contributed by atoms with van der Waals surface area (Å²) in [6.45, 7) is 4.58. The average molecular weight is 298 g/mol. The van der Waals surface area contributed by atoms with Gasteiger partial charge in [0.15, 0.2) is 0 Å². The Morgan fingerprint density at radius 3 is 2.35 bits per heavy atom. The van der Waals surface area contributed by atoms with Crippen LogP contribution in [0, 0.1) is 5.92 Å². The molecule has 0 saturated carbocycles. The first-order valence-electron chi connectivity index (χ1n) is 6.61. The Hall–Kier alpha value is -0.340. The van der Waals surface area contributed by atoms with Crippen LogP contribution in [0.25, 0.3) is 0 Å². The monoisotopic (exact) mass is 297 g/mol. The van der Waals surface area contributed by atoms with E-state index in [0.29, 0.717) is 6.04 Å². The number of halogens is 1. The minimum absolute atomic E-state index is 0.582. The highest BCUT2D eigenvalue weighted by Crippen LogP contribution is 2.21. The van der Waals surface area contributed by atoms with Gasteiger partial charge in [0.1, 0.15) is 0 Å². The van der Waals surface area contributed by atoms with Crippen LogP contribution in [0.15, 0.2) is 28.7 Å². The third-order valence-corrected chi connectivity index (χ3v) is 4.38. The highest BCUT2D eigenvalue weighted by molar-refractivity contribution is 9.10. The first kappa shape index (κ1) is 14.7. The van der Waals surface area contributed by atoms with Gasteiger partial charge in [-0.15, -0.1) is 0 Å². The van der Waals surface area contributed by atoms with E-state index in [2.05, 4.69) is 66.4 Å². The zero-order valence-electron chi connectivity index (χ0n) is 11.2. The summed E-state index contributed by atoms with van der Waals surface area (Å²) in [5.74, 6) is 0.843. The van der Waals surface area contributed by atoms with Gasteiger partial charge in [-0.25, -0.2) is 0 Å². The lowest BCUT2D eigenvalue weighted by atomic mass is 9.91. The highest BCUT2D eigenvalue weighted by Gasteiger charge is 2.14. The van der Waals surface area contributed by atoms with Crippen LogP contribution in [-0.2, 0) is 6.42 Å². The van der Waals surface area contributed by atoms with Crippen LogP contribution < -0.4 is 5.32 Å². The number of rotatable bonds is 7. The second-order valence-electron chi connectivity index (χ2n) is 4.70. The van der Waals surface area contributed by atoms with Gasteiger partial charge in [0.2, 0.25) is 0 Å². The van der Waals surface area contributed by atoms with E-state index in [1.54, 1.807) is 0 Å². The second-order valence-corrected chi connectivity index (χ2v) is 5.55. The molecule has 0 fully saturated rings. The number of benzene rings is 1. The Bertz CT molecular complexity index is 320. The lowest BCUT2D eigenvalue weighted by Gasteiger charge is -2.22. The molecule has 1 nitrogen and oxygen atoms in total. The Kier molecular flexibility index (Phi) is 6.83. The summed E-state index contributed by atoms with van der Waals surface area (Å²) in [5, 5.41) is 3.46. The van der Waals surface area contributed by atoms with Crippen LogP contribution in [0.1, 0.15) is 38.7 Å². The molecular formula is C15H24BrN. The zero-order chi connectivity index (χ0) is 12.7. The molecule has 0 aliphatic rings. The maximum absolute atomic E-state index is 3.63. The van der Waals surface area contributed by atoms with Crippen molar-refractivity contribution in [3.63, 3.8) is 0 Å². The molecule has 96 valence electrons. The van der Waals surface area contributed by atoms with Crippen LogP contribution in [-0.4, -0.2) is 13.1 Å². The van der Waals surface area contributed by atoms with Crippen molar-refractivity contribution in [2.24, 2.45) is 5.92 Å². The SMILES string of the molecule is CCC(CC)CC(Cc1ccccc1Br)NC. The normalized spacial score (nSPS) is 13.0. The molecule has 0 spiro atoms. The Morgan fingerprint density at radius 2 is 1.82 bits per heavy atom. The molecule has 17 heavy (non-hydrogen) atoms. The van der Waals surface area contributed by atoms with Crippen molar-refractivity contribution >= 4 is 15.9 Å². The van der Waals surface area contributed by atoms with Gasteiger partial charge in [0.25, 0.3) is 0 Å². The molecule has 0 aromatic heterocycles. The van der Waals surface area contributed by atoms with E-state index in [1.807, 2.05) is 0 Å². The first-order valence-corrected chi connectivity index (χ1v) is 7.41. The summed E-state index contributed by atoms with van der Waals surface area (Å²) in [6.07, 6.45) is 4.94. The number of nitrogens with one attached hydrogen (secondary N) is 1. The van der Waals surface area contributed by atoms with Gasteiger partial charge in [0, 0.05) is 10.5 Å². The minimum Gasteiger partial charge on any atom is -0.317 e. The standard InChI is InChI=1S/C15H24BrN/c1-4-12(5-2)10-14(17-3)11-13-8-6-7-9-15(13)16/h6-9,12,14,17H,4-5,10-11H2,1-3H3. The maximum atomic E-state index is 3.63. The molecule has 1 aromatic rings. The fourth-order valence-electron chi connectivity index (χ4n) is 2.26. The van der Waals surface area contributed by atoms with E-state index in [1.165, 1.54) is 29.3 Å². The molecule has 2 heteroatoms. The molecule has 1 rings (SSSR count). The molecule has 0 amide bonds. The molecule has 0 aliphatic carbocycles. The van der Waals surface area contributed by atoms with E-state index in [0.717, 1.165) is 12.3 Å². The van der Waals surface area contributed by atoms with Crippen LogP contribution in [0.3, 0.4) is 0 Å². The van der Waals surface area contributed by atoms with Crippen LogP contribution in [0.5, 0.6) is 0 Å². The van der Waals surface area contributed by atoms with Crippen LogP contribution >= 0.6 is 15.9 Å². The summed E-state index contributed by atoms with van der Waals surface area (Å²) >= 11 is 3.63. The van der Waals surface area contributed by atoms with Crippen molar-refractivity contribution in [1.29, 1.82) is 0 Å². The molecule has 1 unspecified atom stereocenters. The van der Waals surface area contributed by atoms with Crippen LogP contribution in [0.4, 0.5) is 0 Å². The van der Waals surface area contributed by atoms with E-state index in [9.17, 15) is 0 Å². The molecule has 0 radical (unpaired) electrons. The van der Waals surface area contributed by atoms with Gasteiger partial charge in [-0.05, 0) is 37.4 Å². The number of hydrogen-bond acceptors (Lipinski definition) is 1. The summed E-state index contributed by atoms with van der Waals surface area (Å²) in [4.78, 5) is 0. The summed E-state index contributed by atoms with van der Waals surface area (Å²) in [5.41, 5.74) is 1.40. The second kappa shape index (κ2) is 7.88. The van der Waals surface area contributed by atoms with Gasteiger partial charge < -0.3 is 5.32 Å². The largest absolute Gasteiger partial charge is 0.317 e. The third-order valence-electron chi connectivity index (χ3n) is 3.60. The predicted octanol–water partition coefficient (Wildman–Crippen LogP) is 4.41. The van der Waals surface area contributed by atoms with E-state index >= 15 is 0 Å². The zero-order valence-corrected chi connectivity index (χ0v) is 12.8. The molecular weight excluding hydrogens is 274 g/mol. The molecule has 0 saturated heterocycles. The summed E-state index contributed by atoms with van der Waals surface area (Å²) in [6, 6.07) is 9.10. The van der Waals surface area contributed by atoms with Crippen molar-refractivity contribution in [2.75, 3.05) is 7.05 Å². The Labute approximate surface area is 114 Å².